The third-order valence-corrected chi connectivity index (χ3v) is 0.612. The molecule has 0 aliphatic heterocycles. The van der Waals surface area contributed by atoms with Gasteiger partial charge in [0.1, 0.15) is 0 Å². The summed E-state index contributed by atoms with van der Waals surface area (Å²) in [6, 6.07) is 0. The summed E-state index contributed by atoms with van der Waals surface area (Å²) in [7, 11) is 0. The lowest BCUT2D eigenvalue weighted by Crippen LogP contribution is -2.31. The molecule has 0 aromatic rings. The Morgan fingerprint density at radius 2 is 0.692 bits per heavy atom. The smallest absolute Gasteiger partial charge is 0.0605 e. The molecule has 0 aliphatic rings. The minimum Gasteiger partial charge on any atom is -0.370 e. The Hall–Kier alpha value is 1.12. The molecule has 1 nitrogen and oxygen atoms in total. The van der Waals surface area contributed by atoms with Crippen LogP contribution in [0.4, 0.5) is 0 Å². The Kier molecular flexibility index (Phi) is 21.7. The van der Waals surface area contributed by atoms with Gasteiger partial charge < -0.3 is 4.74 Å². The molecule has 88 valence electrons. The Morgan fingerprint density at radius 1 is 0.538 bits per heavy atom. The molecule has 0 bridgehead atoms. The zero-order chi connectivity index (χ0) is 7.71. The normalized spacial score (nSPS) is 9.69. The van der Waals surface area contributed by atoms with Gasteiger partial charge >= 0.3 is 0 Å². The van der Waals surface area contributed by atoms with Crippen molar-refractivity contribution in [3.8, 4) is 0 Å². The summed E-state index contributed by atoms with van der Waals surface area (Å²) in [4.78, 5) is 0. The topological polar surface area (TPSA) is 9.23 Å². The van der Waals surface area contributed by atoms with Crippen LogP contribution >= 0.6 is 49.6 Å². The van der Waals surface area contributed by atoms with Crippen LogP contribution < -0.4 is 0 Å². The third-order valence-electron chi connectivity index (χ3n) is 0.612. The Bertz CT molecular complexity index is 81.3. The number of rotatable bonds is 0. The zero-order valence-electron chi connectivity index (χ0n) is 9.04. The first-order chi connectivity index (χ1) is 3.71. The first-order valence-corrected chi connectivity index (χ1v) is 3.41. The van der Waals surface area contributed by atoms with E-state index in [0.29, 0.717) is 0 Å². The molecular weight excluding hydrogens is 254 g/mol. The van der Waals surface area contributed by atoms with Crippen molar-refractivity contribution >= 4 is 49.6 Å². The van der Waals surface area contributed by atoms with Crippen molar-refractivity contribution < 1.29 is 4.74 Å². The Labute approximate surface area is 107 Å². The molecule has 0 rings (SSSR count). The van der Waals surface area contributed by atoms with Gasteiger partial charge in [0, 0.05) is 0 Å². The van der Waals surface area contributed by atoms with E-state index in [0.717, 1.165) is 0 Å². The number of hydrogen-bond donors (Lipinski definition) is 0. The molecule has 0 heterocycles. The molecule has 0 saturated heterocycles. The van der Waals surface area contributed by atoms with Gasteiger partial charge in [-0.25, -0.2) is 0 Å². The summed E-state index contributed by atoms with van der Waals surface area (Å²) in [6.45, 7) is 12.4. The second-order valence-electron chi connectivity index (χ2n) is 4.33. The van der Waals surface area contributed by atoms with Gasteiger partial charge in [-0.15, -0.1) is 49.6 Å². The van der Waals surface area contributed by atoms with E-state index in [-0.39, 0.29) is 60.8 Å². The maximum atomic E-state index is 5.62. The minimum atomic E-state index is -0.0156. The lowest BCUT2D eigenvalue weighted by molar-refractivity contribution is -0.102. The van der Waals surface area contributed by atoms with E-state index in [2.05, 4.69) is 41.5 Å². The maximum absolute atomic E-state index is 5.62. The summed E-state index contributed by atoms with van der Waals surface area (Å²) in [5.74, 6) is 0. The van der Waals surface area contributed by atoms with Crippen LogP contribution in [0, 0.1) is 0 Å². The van der Waals surface area contributed by atoms with E-state index >= 15 is 0 Å². The standard InChI is InChI=1S/C8H18O.4ClH/c1-7(2,3)9-8(4,5)6;;;;/h1-6H3;4*1H. The van der Waals surface area contributed by atoms with Gasteiger partial charge in [0.05, 0.1) is 11.2 Å². The molecule has 0 atom stereocenters. The second-order valence-corrected chi connectivity index (χ2v) is 4.33. The molecule has 5 heteroatoms. The fourth-order valence-electron chi connectivity index (χ4n) is 0.919. The summed E-state index contributed by atoms with van der Waals surface area (Å²) in [6.07, 6.45) is 0. The van der Waals surface area contributed by atoms with Gasteiger partial charge in [0.2, 0.25) is 0 Å². The molecule has 0 aliphatic carbocycles. The van der Waals surface area contributed by atoms with Crippen molar-refractivity contribution in [2.75, 3.05) is 0 Å². The van der Waals surface area contributed by atoms with Gasteiger partial charge in [-0.2, -0.15) is 0 Å². The number of halogens is 4. The molecule has 0 radical (unpaired) electrons. The van der Waals surface area contributed by atoms with Crippen LogP contribution in [-0.4, -0.2) is 11.2 Å². The lowest BCUT2D eigenvalue weighted by Gasteiger charge is -2.30. The van der Waals surface area contributed by atoms with Crippen molar-refractivity contribution in [1.82, 2.24) is 0 Å². The van der Waals surface area contributed by atoms with E-state index in [1.165, 1.54) is 0 Å². The van der Waals surface area contributed by atoms with E-state index in [9.17, 15) is 0 Å². The van der Waals surface area contributed by atoms with Crippen molar-refractivity contribution in [2.45, 2.75) is 52.7 Å². The molecule has 13 heavy (non-hydrogen) atoms. The van der Waals surface area contributed by atoms with Crippen LogP contribution in [0.5, 0.6) is 0 Å². The third kappa shape index (κ3) is 32.0. The Balaban J connectivity index is -0.0000000533. The predicted octanol–water partition coefficient (Wildman–Crippen LogP) is 4.29. The van der Waals surface area contributed by atoms with Crippen molar-refractivity contribution in [3.63, 3.8) is 0 Å². The lowest BCUT2D eigenvalue weighted by atomic mass is 10.1. The van der Waals surface area contributed by atoms with Gasteiger partial charge in [-0.3, -0.25) is 0 Å². The first-order valence-electron chi connectivity index (χ1n) is 3.41. The SMILES string of the molecule is CC(C)(C)OC(C)(C)C.Cl.Cl.Cl.Cl. The van der Waals surface area contributed by atoms with Crippen molar-refractivity contribution in [3.05, 3.63) is 0 Å². The first kappa shape index (κ1) is 29.2. The Morgan fingerprint density at radius 3 is 0.692 bits per heavy atom. The molecule has 0 fully saturated rings. The van der Waals surface area contributed by atoms with Crippen LogP contribution in [-0.2, 0) is 4.74 Å². The molecule has 0 aromatic heterocycles. The van der Waals surface area contributed by atoms with Gasteiger partial charge in [0.25, 0.3) is 0 Å². The van der Waals surface area contributed by atoms with Crippen molar-refractivity contribution in [2.24, 2.45) is 0 Å². The zero-order valence-corrected chi connectivity index (χ0v) is 12.3. The van der Waals surface area contributed by atoms with E-state index < -0.39 is 0 Å². The quantitative estimate of drug-likeness (QED) is 0.641. The highest BCUT2D eigenvalue weighted by Crippen LogP contribution is 2.17. The molecular formula is C8H22Cl4O. The maximum Gasteiger partial charge on any atom is 0.0605 e. The van der Waals surface area contributed by atoms with Crippen LogP contribution in [0.2, 0.25) is 0 Å². The van der Waals surface area contributed by atoms with Gasteiger partial charge in [0.15, 0.2) is 0 Å². The van der Waals surface area contributed by atoms with Crippen LogP contribution in [0.25, 0.3) is 0 Å². The fraction of sp³-hybridized carbons (Fsp3) is 1.00. The molecule has 0 amide bonds. The average molecular weight is 276 g/mol. The molecule has 0 N–H and O–H groups in total. The molecule has 0 aromatic carbocycles. The van der Waals surface area contributed by atoms with Gasteiger partial charge in [-0.05, 0) is 41.5 Å². The second kappa shape index (κ2) is 9.67. The molecule has 0 spiro atoms. The minimum absolute atomic E-state index is 0. The monoisotopic (exact) mass is 274 g/mol. The fourth-order valence-corrected chi connectivity index (χ4v) is 0.919. The van der Waals surface area contributed by atoms with E-state index in [4.69, 9.17) is 4.74 Å². The van der Waals surface area contributed by atoms with Crippen LogP contribution in [0.15, 0.2) is 0 Å². The summed E-state index contributed by atoms with van der Waals surface area (Å²) in [5.41, 5.74) is -0.0312. The largest absolute Gasteiger partial charge is 0.370 e. The summed E-state index contributed by atoms with van der Waals surface area (Å²) >= 11 is 0. The number of ether oxygens (including phenoxy) is 1. The summed E-state index contributed by atoms with van der Waals surface area (Å²) < 4.78 is 5.62. The van der Waals surface area contributed by atoms with Crippen molar-refractivity contribution in [1.29, 1.82) is 0 Å². The van der Waals surface area contributed by atoms with Crippen LogP contribution in [0.1, 0.15) is 41.5 Å². The summed E-state index contributed by atoms with van der Waals surface area (Å²) in [5, 5.41) is 0. The van der Waals surface area contributed by atoms with E-state index in [1.54, 1.807) is 0 Å². The highest BCUT2D eigenvalue weighted by atomic mass is 35.5. The van der Waals surface area contributed by atoms with Gasteiger partial charge in [-0.1, -0.05) is 0 Å². The van der Waals surface area contributed by atoms with E-state index in [1.807, 2.05) is 0 Å². The average Bonchev–Trinajstić information content (AvgIpc) is 1.14. The number of hydrogen-bond acceptors (Lipinski definition) is 1. The highest BCUT2D eigenvalue weighted by Gasteiger charge is 2.19. The van der Waals surface area contributed by atoms with Crippen LogP contribution in [0.3, 0.4) is 0 Å². The molecule has 0 unspecified atom stereocenters. The predicted molar refractivity (Wildman–Crippen MR) is 69.6 cm³/mol. The highest BCUT2D eigenvalue weighted by molar-refractivity contribution is 5.86. The molecule has 0 saturated carbocycles.